The molecule has 7 nitrogen and oxygen atoms in total. The number of nitrogens with two attached hydrogens (primary N) is 2. The maximum Gasteiger partial charge on any atom is 0.147 e. The summed E-state index contributed by atoms with van der Waals surface area (Å²) >= 11 is 6.32. The highest BCUT2D eigenvalue weighted by molar-refractivity contribution is 6.37. The minimum atomic E-state index is 0.298. The van der Waals surface area contributed by atoms with Gasteiger partial charge in [0, 0.05) is 30.9 Å². The van der Waals surface area contributed by atoms with E-state index in [-0.39, 0.29) is 0 Å². The second-order valence-corrected chi connectivity index (χ2v) is 8.12. The molecule has 27 heavy (non-hydrogen) atoms. The first-order valence-electron chi connectivity index (χ1n) is 9.39. The number of anilines is 2. The van der Waals surface area contributed by atoms with Crippen LogP contribution >= 0.6 is 11.6 Å². The first-order chi connectivity index (χ1) is 13.1. The largest absolute Gasteiger partial charge is 0.382 e. The molecule has 0 bridgehead atoms. The standard InChI is InChI=1S/C19H22ClN7/c20-15-11(2-6-23-18(15)22)16-17-12(9-24-16)26-14(10-25-17)27-7-4-19(5-8-27)3-1-13(19)21/h2,6,10,13H,1,3-5,7-9,21H2,(H2,22,23). The normalized spacial score (nSPS) is 23.1. The first-order valence-corrected chi connectivity index (χ1v) is 9.77. The van der Waals surface area contributed by atoms with Crippen molar-refractivity contribution in [3.63, 3.8) is 0 Å². The third kappa shape index (κ3) is 2.60. The molecule has 4 N–H and O–H groups in total. The van der Waals surface area contributed by atoms with E-state index in [9.17, 15) is 0 Å². The number of aliphatic imine (C=N–C) groups is 1. The Bertz CT molecular complexity index is 934. The van der Waals surface area contributed by atoms with Crippen LogP contribution in [0.3, 0.4) is 0 Å². The van der Waals surface area contributed by atoms with Crippen molar-refractivity contribution in [2.24, 2.45) is 16.1 Å². The van der Waals surface area contributed by atoms with Gasteiger partial charge >= 0.3 is 0 Å². The van der Waals surface area contributed by atoms with Gasteiger partial charge in [-0.3, -0.25) is 4.99 Å². The number of aromatic nitrogens is 3. The lowest BCUT2D eigenvalue weighted by Gasteiger charge is -2.52. The minimum Gasteiger partial charge on any atom is -0.382 e. The predicted molar refractivity (Wildman–Crippen MR) is 106 cm³/mol. The Hall–Kier alpha value is -2.25. The van der Waals surface area contributed by atoms with Gasteiger partial charge in [0.25, 0.3) is 0 Å². The third-order valence-corrected chi connectivity index (χ3v) is 6.83. The van der Waals surface area contributed by atoms with Gasteiger partial charge in [0.2, 0.25) is 0 Å². The molecule has 0 radical (unpaired) electrons. The molecule has 1 saturated heterocycles. The van der Waals surface area contributed by atoms with Crippen LogP contribution in [0.4, 0.5) is 11.6 Å². The molecule has 1 saturated carbocycles. The zero-order valence-electron chi connectivity index (χ0n) is 15.0. The van der Waals surface area contributed by atoms with Crippen molar-refractivity contribution in [3.8, 4) is 0 Å². The fourth-order valence-corrected chi connectivity index (χ4v) is 4.68. The van der Waals surface area contributed by atoms with Gasteiger partial charge in [-0.15, -0.1) is 0 Å². The molecular weight excluding hydrogens is 362 g/mol. The summed E-state index contributed by atoms with van der Waals surface area (Å²) in [6.07, 6.45) is 8.19. The number of piperidine rings is 1. The Labute approximate surface area is 162 Å². The average Bonchev–Trinajstić information content (AvgIpc) is 3.12. The lowest BCUT2D eigenvalue weighted by Crippen LogP contribution is -2.56. The van der Waals surface area contributed by atoms with E-state index in [1.165, 1.54) is 12.8 Å². The van der Waals surface area contributed by atoms with Gasteiger partial charge in [-0.1, -0.05) is 11.6 Å². The summed E-state index contributed by atoms with van der Waals surface area (Å²) in [6.45, 7) is 2.48. The number of nitrogen functional groups attached to an aromatic ring is 1. The second kappa shape index (κ2) is 6.14. The SMILES string of the molecule is Nc1nccc(C2=NCc3nc(N4CCC5(CCC5N)CC4)cnc32)c1Cl. The maximum absolute atomic E-state index is 6.32. The van der Waals surface area contributed by atoms with E-state index in [1.54, 1.807) is 6.20 Å². The van der Waals surface area contributed by atoms with Crippen LogP contribution in [0, 0.1) is 5.41 Å². The summed E-state index contributed by atoms with van der Waals surface area (Å²) in [6, 6.07) is 2.19. The number of hydrogen-bond acceptors (Lipinski definition) is 7. The number of halogens is 1. The summed E-state index contributed by atoms with van der Waals surface area (Å²) < 4.78 is 0. The molecule has 1 spiro atoms. The molecule has 8 heteroatoms. The summed E-state index contributed by atoms with van der Waals surface area (Å²) in [5.41, 5.74) is 15.6. The Balaban J connectivity index is 1.37. The molecule has 2 aromatic rings. The minimum absolute atomic E-state index is 0.298. The molecule has 1 atom stereocenters. The zero-order valence-corrected chi connectivity index (χ0v) is 15.8. The van der Waals surface area contributed by atoms with E-state index in [0.29, 0.717) is 28.8 Å². The van der Waals surface area contributed by atoms with Crippen LogP contribution in [0.1, 0.15) is 42.6 Å². The van der Waals surface area contributed by atoms with Crippen LogP contribution in [0.15, 0.2) is 23.5 Å². The van der Waals surface area contributed by atoms with E-state index in [1.807, 2.05) is 12.3 Å². The first kappa shape index (κ1) is 16.9. The van der Waals surface area contributed by atoms with Crippen molar-refractivity contribution in [2.45, 2.75) is 38.3 Å². The highest BCUT2D eigenvalue weighted by Crippen LogP contribution is 2.48. The van der Waals surface area contributed by atoms with Gasteiger partial charge in [-0.25, -0.2) is 15.0 Å². The van der Waals surface area contributed by atoms with Crippen LogP contribution in [0.2, 0.25) is 5.02 Å². The van der Waals surface area contributed by atoms with Gasteiger partial charge in [-0.2, -0.15) is 0 Å². The molecule has 4 heterocycles. The molecule has 0 aromatic carbocycles. The average molecular weight is 384 g/mol. The fourth-order valence-electron chi connectivity index (χ4n) is 4.48. The summed E-state index contributed by atoms with van der Waals surface area (Å²) in [5, 5.41) is 0.410. The van der Waals surface area contributed by atoms with Crippen LogP contribution in [0.5, 0.6) is 0 Å². The maximum atomic E-state index is 6.32. The second-order valence-electron chi connectivity index (χ2n) is 7.74. The quantitative estimate of drug-likeness (QED) is 0.823. The topological polar surface area (TPSA) is 106 Å². The number of fused-ring (bicyclic) bond motifs is 1. The molecule has 0 amide bonds. The van der Waals surface area contributed by atoms with Crippen LogP contribution in [-0.4, -0.2) is 39.8 Å². The number of hydrogen-bond donors (Lipinski definition) is 2. The van der Waals surface area contributed by atoms with Gasteiger partial charge in [0.15, 0.2) is 0 Å². The fraction of sp³-hybridized carbons (Fsp3) is 0.474. The van der Waals surface area contributed by atoms with E-state index in [4.69, 9.17) is 28.1 Å². The van der Waals surface area contributed by atoms with Crippen molar-refractivity contribution >= 4 is 28.9 Å². The molecule has 1 unspecified atom stereocenters. The van der Waals surface area contributed by atoms with Crippen molar-refractivity contribution in [1.29, 1.82) is 0 Å². The summed E-state index contributed by atoms with van der Waals surface area (Å²) in [4.78, 5) is 20.4. The molecule has 2 aliphatic heterocycles. The third-order valence-electron chi connectivity index (χ3n) is 6.44. The Morgan fingerprint density at radius 1 is 1.19 bits per heavy atom. The van der Waals surface area contributed by atoms with Crippen molar-refractivity contribution in [1.82, 2.24) is 15.0 Å². The highest BCUT2D eigenvalue weighted by atomic mass is 35.5. The number of nitrogens with zero attached hydrogens (tertiary/aromatic N) is 5. The molecular formula is C19H22ClN7. The molecule has 5 rings (SSSR count). The summed E-state index contributed by atoms with van der Waals surface area (Å²) in [7, 11) is 0. The van der Waals surface area contributed by atoms with E-state index < -0.39 is 0 Å². The van der Waals surface area contributed by atoms with E-state index in [0.717, 1.165) is 54.4 Å². The summed E-state index contributed by atoms with van der Waals surface area (Å²) in [5.74, 6) is 1.22. The molecule has 140 valence electrons. The van der Waals surface area contributed by atoms with Crippen LogP contribution in [-0.2, 0) is 6.54 Å². The molecule has 2 fully saturated rings. The van der Waals surface area contributed by atoms with E-state index >= 15 is 0 Å². The molecule has 3 aliphatic rings. The van der Waals surface area contributed by atoms with Gasteiger partial charge in [0.1, 0.15) is 17.3 Å². The highest BCUT2D eigenvalue weighted by Gasteiger charge is 2.46. The van der Waals surface area contributed by atoms with Gasteiger partial charge < -0.3 is 16.4 Å². The van der Waals surface area contributed by atoms with E-state index in [2.05, 4.69) is 19.9 Å². The Morgan fingerprint density at radius 2 is 2.00 bits per heavy atom. The Kier molecular flexibility index (Phi) is 3.84. The number of rotatable bonds is 2. The zero-order chi connectivity index (χ0) is 18.6. The van der Waals surface area contributed by atoms with Gasteiger partial charge in [0.05, 0.1) is 29.2 Å². The van der Waals surface area contributed by atoms with Crippen molar-refractivity contribution in [3.05, 3.63) is 40.4 Å². The smallest absolute Gasteiger partial charge is 0.147 e. The lowest BCUT2D eigenvalue weighted by molar-refractivity contribution is 0.0610. The molecule has 2 aromatic heterocycles. The van der Waals surface area contributed by atoms with Crippen LogP contribution < -0.4 is 16.4 Å². The predicted octanol–water partition coefficient (Wildman–Crippen LogP) is 2.17. The van der Waals surface area contributed by atoms with Crippen molar-refractivity contribution < 1.29 is 0 Å². The molecule has 1 aliphatic carbocycles. The monoisotopic (exact) mass is 383 g/mol. The number of pyridine rings is 1. The lowest BCUT2D eigenvalue weighted by atomic mass is 9.60. The van der Waals surface area contributed by atoms with Crippen molar-refractivity contribution in [2.75, 3.05) is 23.7 Å². The van der Waals surface area contributed by atoms with Gasteiger partial charge in [-0.05, 0) is 37.2 Å². The van der Waals surface area contributed by atoms with Crippen LogP contribution in [0.25, 0.3) is 0 Å². The Morgan fingerprint density at radius 3 is 2.70 bits per heavy atom.